The van der Waals surface area contributed by atoms with E-state index in [9.17, 15) is 18.0 Å². The van der Waals surface area contributed by atoms with Crippen molar-refractivity contribution in [2.75, 3.05) is 45.8 Å². The molecule has 0 atom stereocenters. The first-order chi connectivity index (χ1) is 16.8. The number of benzene rings is 2. The highest BCUT2D eigenvalue weighted by Gasteiger charge is 2.27. The Labute approximate surface area is 207 Å². The number of hydrogen-bond acceptors (Lipinski definition) is 5. The van der Waals surface area contributed by atoms with Crippen LogP contribution in [0, 0.1) is 6.92 Å². The van der Waals surface area contributed by atoms with Crippen LogP contribution in [0.5, 0.6) is 0 Å². The van der Waals surface area contributed by atoms with Crippen molar-refractivity contribution < 1.29 is 18.0 Å². The highest BCUT2D eigenvalue weighted by Crippen LogP contribution is 2.23. The van der Waals surface area contributed by atoms with Gasteiger partial charge in [-0.1, -0.05) is 42.8 Å². The number of rotatable bonds is 7. The van der Waals surface area contributed by atoms with Crippen molar-refractivity contribution in [3.63, 3.8) is 0 Å². The lowest BCUT2D eigenvalue weighted by atomic mass is 10.1. The van der Waals surface area contributed by atoms with Crippen molar-refractivity contribution in [3.8, 4) is 0 Å². The summed E-state index contributed by atoms with van der Waals surface area (Å²) < 4.78 is 27.5. The third kappa shape index (κ3) is 6.28. The van der Waals surface area contributed by atoms with Gasteiger partial charge in [0.2, 0.25) is 15.9 Å². The number of amides is 2. The number of carbonyl (C=O) groups excluding carboxylic acids is 2. The standard InChI is InChI=1S/C26H34N4O4S/c1-21-10-11-23(35(33,34)30-12-6-3-7-13-30)18-24(21)26(32)27-19-25(31)29-16-14-28(15-17-29)20-22-8-4-2-5-9-22/h2,4-5,8-11,18H,3,6-7,12-17,19-20H2,1H3,(H,27,32). The van der Waals surface area contributed by atoms with Gasteiger partial charge in [-0.15, -0.1) is 0 Å². The quantitative estimate of drug-likeness (QED) is 0.633. The summed E-state index contributed by atoms with van der Waals surface area (Å²) in [6.07, 6.45) is 2.73. The summed E-state index contributed by atoms with van der Waals surface area (Å²) in [5.41, 5.74) is 2.20. The molecular weight excluding hydrogens is 464 g/mol. The number of piperidine rings is 1. The first-order valence-corrected chi connectivity index (χ1v) is 13.7. The van der Waals surface area contributed by atoms with Crippen LogP contribution in [0.1, 0.15) is 40.7 Å². The number of nitrogens with zero attached hydrogens (tertiary/aromatic N) is 3. The lowest BCUT2D eigenvalue weighted by Gasteiger charge is -2.34. The highest BCUT2D eigenvalue weighted by atomic mass is 32.2. The van der Waals surface area contributed by atoms with Crippen LogP contribution in [0.25, 0.3) is 0 Å². The van der Waals surface area contributed by atoms with E-state index in [0.29, 0.717) is 31.7 Å². The second-order valence-corrected chi connectivity index (χ2v) is 11.2. The molecule has 2 saturated heterocycles. The zero-order chi connectivity index (χ0) is 24.8. The van der Waals surface area contributed by atoms with Gasteiger partial charge in [0, 0.05) is 51.4 Å². The number of carbonyl (C=O) groups is 2. The van der Waals surface area contributed by atoms with Crippen LogP contribution in [-0.2, 0) is 21.4 Å². The summed E-state index contributed by atoms with van der Waals surface area (Å²) in [4.78, 5) is 29.8. The molecule has 0 radical (unpaired) electrons. The summed E-state index contributed by atoms with van der Waals surface area (Å²) in [6.45, 7) is 6.31. The van der Waals surface area contributed by atoms with E-state index in [0.717, 1.165) is 38.9 Å². The fourth-order valence-electron chi connectivity index (χ4n) is 4.62. The number of piperazine rings is 1. The molecule has 2 heterocycles. The maximum Gasteiger partial charge on any atom is 0.252 e. The minimum absolute atomic E-state index is 0.111. The summed E-state index contributed by atoms with van der Waals surface area (Å²) in [5.74, 6) is -0.568. The van der Waals surface area contributed by atoms with Crippen LogP contribution in [0.3, 0.4) is 0 Å². The molecule has 0 aromatic heterocycles. The van der Waals surface area contributed by atoms with Gasteiger partial charge < -0.3 is 10.2 Å². The molecule has 0 spiro atoms. The predicted octanol–water partition coefficient (Wildman–Crippen LogP) is 2.24. The number of aryl methyl sites for hydroxylation is 1. The minimum Gasteiger partial charge on any atom is -0.343 e. The smallest absolute Gasteiger partial charge is 0.252 e. The molecule has 188 valence electrons. The molecule has 35 heavy (non-hydrogen) atoms. The van der Waals surface area contributed by atoms with Crippen molar-refractivity contribution in [2.45, 2.75) is 37.6 Å². The monoisotopic (exact) mass is 498 g/mol. The molecule has 0 saturated carbocycles. The Morgan fingerprint density at radius 1 is 0.886 bits per heavy atom. The van der Waals surface area contributed by atoms with Crippen molar-refractivity contribution in [2.24, 2.45) is 0 Å². The average Bonchev–Trinajstić information content (AvgIpc) is 2.89. The fourth-order valence-corrected chi connectivity index (χ4v) is 6.16. The topological polar surface area (TPSA) is 90.0 Å². The van der Waals surface area contributed by atoms with Gasteiger partial charge in [0.15, 0.2) is 0 Å². The van der Waals surface area contributed by atoms with Gasteiger partial charge in [0.25, 0.3) is 5.91 Å². The summed E-state index contributed by atoms with van der Waals surface area (Å²) in [5, 5.41) is 2.69. The van der Waals surface area contributed by atoms with Crippen molar-refractivity contribution in [1.82, 2.24) is 19.4 Å². The molecule has 2 aromatic rings. The molecule has 2 fully saturated rings. The van der Waals surface area contributed by atoms with E-state index in [1.165, 1.54) is 15.9 Å². The highest BCUT2D eigenvalue weighted by molar-refractivity contribution is 7.89. The van der Waals surface area contributed by atoms with Gasteiger partial charge in [-0.3, -0.25) is 14.5 Å². The maximum absolute atomic E-state index is 13.0. The molecule has 2 aromatic carbocycles. The zero-order valence-corrected chi connectivity index (χ0v) is 21.1. The van der Waals surface area contributed by atoms with Gasteiger partial charge in [0.1, 0.15) is 0 Å². The van der Waals surface area contributed by atoms with Gasteiger partial charge in [-0.2, -0.15) is 4.31 Å². The molecule has 2 amide bonds. The molecule has 8 nitrogen and oxygen atoms in total. The SMILES string of the molecule is Cc1ccc(S(=O)(=O)N2CCCCC2)cc1C(=O)NCC(=O)N1CCN(Cc2ccccc2)CC1. The van der Waals surface area contributed by atoms with Crippen molar-refractivity contribution in [3.05, 3.63) is 65.2 Å². The Morgan fingerprint density at radius 2 is 1.57 bits per heavy atom. The van der Waals surface area contributed by atoms with Gasteiger partial charge in [-0.25, -0.2) is 8.42 Å². The van der Waals surface area contributed by atoms with Gasteiger partial charge >= 0.3 is 0 Å². The maximum atomic E-state index is 13.0. The van der Waals surface area contributed by atoms with E-state index in [4.69, 9.17) is 0 Å². The molecule has 0 unspecified atom stereocenters. The lowest BCUT2D eigenvalue weighted by molar-refractivity contribution is -0.131. The van der Waals surface area contributed by atoms with Crippen LogP contribution in [0.4, 0.5) is 0 Å². The molecule has 4 rings (SSSR count). The van der Waals surface area contributed by atoms with E-state index in [-0.39, 0.29) is 22.9 Å². The normalized spacial score (nSPS) is 17.8. The summed E-state index contributed by atoms with van der Waals surface area (Å²) in [7, 11) is -3.64. The largest absolute Gasteiger partial charge is 0.343 e. The van der Waals surface area contributed by atoms with Crippen LogP contribution >= 0.6 is 0 Å². The second kappa shape index (κ2) is 11.3. The molecule has 2 aliphatic heterocycles. The van der Waals surface area contributed by atoms with E-state index in [1.54, 1.807) is 24.0 Å². The van der Waals surface area contributed by atoms with Crippen molar-refractivity contribution >= 4 is 21.8 Å². The van der Waals surface area contributed by atoms with Gasteiger partial charge in [-0.05, 0) is 43.0 Å². The Kier molecular flexibility index (Phi) is 8.20. The first kappa shape index (κ1) is 25.3. The third-order valence-corrected chi connectivity index (χ3v) is 8.68. The zero-order valence-electron chi connectivity index (χ0n) is 20.3. The Bertz CT molecular complexity index is 1140. The van der Waals surface area contributed by atoms with Crippen molar-refractivity contribution in [1.29, 1.82) is 0 Å². The van der Waals surface area contributed by atoms with Crippen LogP contribution in [0.2, 0.25) is 0 Å². The van der Waals surface area contributed by atoms with Crippen LogP contribution < -0.4 is 5.32 Å². The lowest BCUT2D eigenvalue weighted by Crippen LogP contribution is -2.50. The van der Waals surface area contributed by atoms with E-state index < -0.39 is 15.9 Å². The van der Waals surface area contributed by atoms with E-state index in [2.05, 4.69) is 22.3 Å². The first-order valence-electron chi connectivity index (χ1n) is 12.3. The predicted molar refractivity (Wildman–Crippen MR) is 134 cm³/mol. The molecular formula is C26H34N4O4S. The average molecular weight is 499 g/mol. The molecule has 1 N–H and O–H groups in total. The Balaban J connectivity index is 1.31. The molecule has 0 aliphatic carbocycles. The molecule has 0 bridgehead atoms. The Morgan fingerprint density at radius 3 is 2.26 bits per heavy atom. The second-order valence-electron chi connectivity index (χ2n) is 9.27. The van der Waals surface area contributed by atoms with Crippen LogP contribution in [-0.4, -0.2) is 80.2 Å². The number of hydrogen-bond donors (Lipinski definition) is 1. The summed E-state index contributed by atoms with van der Waals surface area (Å²) >= 11 is 0. The summed E-state index contributed by atoms with van der Waals surface area (Å²) in [6, 6.07) is 14.9. The minimum atomic E-state index is -3.64. The van der Waals surface area contributed by atoms with E-state index >= 15 is 0 Å². The molecule has 9 heteroatoms. The fraction of sp³-hybridized carbons (Fsp3) is 0.462. The number of nitrogens with one attached hydrogen (secondary N) is 1. The Hall–Kier alpha value is -2.75. The molecule has 2 aliphatic rings. The van der Waals surface area contributed by atoms with E-state index in [1.807, 2.05) is 18.2 Å². The number of sulfonamides is 1. The van der Waals surface area contributed by atoms with Crippen LogP contribution in [0.15, 0.2) is 53.4 Å². The third-order valence-electron chi connectivity index (χ3n) is 6.78. The van der Waals surface area contributed by atoms with Gasteiger partial charge in [0.05, 0.1) is 11.4 Å².